The number of hydrogen-bond acceptors (Lipinski definition) is 6. The van der Waals surface area contributed by atoms with Crippen LogP contribution in [0.2, 0.25) is 0 Å². The van der Waals surface area contributed by atoms with Crippen molar-refractivity contribution in [3.05, 3.63) is 0 Å². The summed E-state index contributed by atoms with van der Waals surface area (Å²) in [6.45, 7) is 2.87. The molecule has 6 heteroatoms. The van der Waals surface area contributed by atoms with Gasteiger partial charge in [-0.2, -0.15) is 0 Å². The van der Waals surface area contributed by atoms with Gasteiger partial charge >= 0.3 is 11.9 Å². The minimum Gasteiger partial charge on any atom is -0.465 e. The second kappa shape index (κ2) is 13.1. The Morgan fingerprint density at radius 1 is 0.846 bits per heavy atom. The van der Waals surface area contributed by atoms with Crippen LogP contribution in [0.15, 0.2) is 0 Å². The molecule has 1 atom stereocenters. The zero-order chi connectivity index (χ0) is 19.3. The second-order valence-corrected chi connectivity index (χ2v) is 7.47. The highest BCUT2D eigenvalue weighted by Crippen LogP contribution is 2.22. The molecule has 0 aromatic rings. The second-order valence-electron chi connectivity index (χ2n) is 7.47. The number of nitrogens with two attached hydrogens (primary N) is 2. The van der Waals surface area contributed by atoms with Crippen LogP contribution in [0.3, 0.4) is 0 Å². The number of carbonyl (C=O) groups is 2. The minimum atomic E-state index is -1.82. The summed E-state index contributed by atoms with van der Waals surface area (Å²) in [5, 5.41) is 0. The highest BCUT2D eigenvalue weighted by atomic mass is 16.5. The monoisotopic (exact) mass is 370 g/mol. The summed E-state index contributed by atoms with van der Waals surface area (Å²) >= 11 is 0. The van der Waals surface area contributed by atoms with Crippen molar-refractivity contribution >= 4 is 11.9 Å². The summed E-state index contributed by atoms with van der Waals surface area (Å²) in [6.07, 6.45) is 13.1. The molecular formula is C20H38N2O4. The van der Waals surface area contributed by atoms with Gasteiger partial charge in [-0.3, -0.25) is 4.79 Å². The quantitative estimate of drug-likeness (QED) is 0.366. The molecule has 0 aromatic heterocycles. The van der Waals surface area contributed by atoms with E-state index >= 15 is 0 Å². The van der Waals surface area contributed by atoms with Crippen molar-refractivity contribution in [3.8, 4) is 0 Å². The average Bonchev–Trinajstić information content (AvgIpc) is 2.61. The van der Waals surface area contributed by atoms with Crippen molar-refractivity contribution in [2.75, 3.05) is 13.2 Å². The molecule has 6 nitrogen and oxygen atoms in total. The lowest BCUT2D eigenvalue weighted by Crippen LogP contribution is -2.64. The van der Waals surface area contributed by atoms with E-state index in [1.165, 1.54) is 32.1 Å². The molecular weight excluding hydrogens is 332 g/mol. The van der Waals surface area contributed by atoms with Crippen molar-refractivity contribution in [1.82, 2.24) is 0 Å². The van der Waals surface area contributed by atoms with Crippen molar-refractivity contribution in [3.63, 3.8) is 0 Å². The lowest BCUT2D eigenvalue weighted by Gasteiger charge is -2.30. The molecule has 0 spiro atoms. The molecule has 1 heterocycles. The number of ether oxygens (including phenoxy) is 2. The molecule has 1 rings (SSSR count). The molecule has 0 bridgehead atoms. The predicted molar refractivity (Wildman–Crippen MR) is 102 cm³/mol. The third kappa shape index (κ3) is 8.49. The number of rotatable bonds is 9. The number of unbranched alkanes of at least 4 members (excludes halogenated alkanes) is 7. The van der Waals surface area contributed by atoms with Crippen molar-refractivity contribution in [2.24, 2.45) is 17.4 Å². The van der Waals surface area contributed by atoms with E-state index in [4.69, 9.17) is 20.9 Å². The maximum atomic E-state index is 12.4. The number of cyclic esters (lactones) is 2. The normalized spacial score (nSPS) is 22.0. The lowest BCUT2D eigenvalue weighted by atomic mass is 9.88. The highest BCUT2D eigenvalue weighted by Gasteiger charge is 2.45. The molecule has 1 fully saturated rings. The third-order valence-corrected chi connectivity index (χ3v) is 5.08. The van der Waals surface area contributed by atoms with Crippen LogP contribution in [0.25, 0.3) is 0 Å². The fourth-order valence-corrected chi connectivity index (χ4v) is 3.30. The Labute approximate surface area is 158 Å². The van der Waals surface area contributed by atoms with Gasteiger partial charge in [0.2, 0.25) is 0 Å². The largest absolute Gasteiger partial charge is 0.465 e. The Kier molecular flexibility index (Phi) is 11.5. The standard InChI is InChI=1S/C20H38N2O4/c1-2-3-4-5-6-7-8-11-14-17-18(23)25-15-12-9-10-13-16-26-19(24)20(17,21)22/h17H,2-16,21-22H2,1H3. The minimum absolute atomic E-state index is 0.300. The third-order valence-electron chi connectivity index (χ3n) is 5.08. The van der Waals surface area contributed by atoms with Crippen LogP contribution in [0, 0.1) is 5.92 Å². The Morgan fingerprint density at radius 2 is 1.38 bits per heavy atom. The Bertz CT molecular complexity index is 413. The van der Waals surface area contributed by atoms with Crippen molar-refractivity contribution < 1.29 is 19.1 Å². The molecule has 26 heavy (non-hydrogen) atoms. The van der Waals surface area contributed by atoms with E-state index < -0.39 is 23.5 Å². The van der Waals surface area contributed by atoms with E-state index in [-0.39, 0.29) is 0 Å². The first-order valence-corrected chi connectivity index (χ1v) is 10.4. The Balaban J connectivity index is 2.51. The van der Waals surface area contributed by atoms with Crippen LogP contribution in [-0.2, 0) is 19.1 Å². The van der Waals surface area contributed by atoms with Gasteiger partial charge in [0.15, 0.2) is 5.66 Å². The van der Waals surface area contributed by atoms with Gasteiger partial charge in [-0.15, -0.1) is 0 Å². The van der Waals surface area contributed by atoms with Crippen LogP contribution in [0.4, 0.5) is 0 Å². The van der Waals surface area contributed by atoms with Gasteiger partial charge in [-0.25, -0.2) is 4.79 Å². The van der Waals surface area contributed by atoms with Crippen LogP contribution >= 0.6 is 0 Å². The van der Waals surface area contributed by atoms with E-state index in [1.807, 2.05) is 0 Å². The average molecular weight is 371 g/mol. The van der Waals surface area contributed by atoms with Crippen LogP contribution in [0.1, 0.15) is 90.4 Å². The molecule has 1 aliphatic rings. The first kappa shape index (κ1) is 22.9. The van der Waals surface area contributed by atoms with E-state index in [2.05, 4.69) is 6.92 Å². The topological polar surface area (TPSA) is 105 Å². The fraction of sp³-hybridized carbons (Fsp3) is 0.900. The Hall–Kier alpha value is -1.14. The molecule has 0 amide bonds. The number of hydrogen-bond donors (Lipinski definition) is 2. The molecule has 0 radical (unpaired) electrons. The summed E-state index contributed by atoms with van der Waals surface area (Å²) in [5.41, 5.74) is 10.2. The lowest BCUT2D eigenvalue weighted by molar-refractivity contribution is -0.163. The molecule has 0 aliphatic carbocycles. The van der Waals surface area contributed by atoms with Gasteiger partial charge in [-0.05, 0) is 32.1 Å². The summed E-state index contributed by atoms with van der Waals surface area (Å²) in [6, 6.07) is 0. The zero-order valence-corrected chi connectivity index (χ0v) is 16.5. The van der Waals surface area contributed by atoms with Gasteiger partial charge < -0.3 is 20.9 Å². The first-order valence-electron chi connectivity index (χ1n) is 10.4. The SMILES string of the molecule is CCCCCCCCCCC1C(=O)OCCCCCCOC(=O)C1(N)N. The van der Waals surface area contributed by atoms with E-state index in [0.717, 1.165) is 44.9 Å². The van der Waals surface area contributed by atoms with E-state index in [1.54, 1.807) is 0 Å². The predicted octanol–water partition coefficient (Wildman–Crippen LogP) is 3.41. The fourth-order valence-electron chi connectivity index (χ4n) is 3.30. The van der Waals surface area contributed by atoms with Crippen LogP contribution < -0.4 is 11.5 Å². The smallest absolute Gasteiger partial charge is 0.341 e. The molecule has 1 saturated heterocycles. The van der Waals surface area contributed by atoms with E-state index in [9.17, 15) is 9.59 Å². The maximum absolute atomic E-state index is 12.4. The van der Waals surface area contributed by atoms with Gasteiger partial charge in [0, 0.05) is 0 Å². The summed E-state index contributed by atoms with van der Waals surface area (Å²) in [5.74, 6) is -2.04. The van der Waals surface area contributed by atoms with Crippen molar-refractivity contribution in [2.45, 2.75) is 96.1 Å². The number of esters is 2. The van der Waals surface area contributed by atoms with Gasteiger partial charge in [0.1, 0.15) is 0 Å². The molecule has 0 aromatic carbocycles. The van der Waals surface area contributed by atoms with Crippen molar-refractivity contribution in [1.29, 1.82) is 0 Å². The van der Waals surface area contributed by atoms with Crippen LogP contribution in [0.5, 0.6) is 0 Å². The molecule has 1 aliphatic heterocycles. The van der Waals surface area contributed by atoms with E-state index in [0.29, 0.717) is 19.6 Å². The summed E-state index contributed by atoms with van der Waals surface area (Å²) in [7, 11) is 0. The van der Waals surface area contributed by atoms with Gasteiger partial charge in [0.05, 0.1) is 19.1 Å². The van der Waals surface area contributed by atoms with Gasteiger partial charge in [-0.1, -0.05) is 58.3 Å². The number of carbonyl (C=O) groups excluding carboxylic acids is 2. The maximum Gasteiger partial charge on any atom is 0.341 e. The highest BCUT2D eigenvalue weighted by molar-refractivity contribution is 5.87. The van der Waals surface area contributed by atoms with Gasteiger partial charge in [0.25, 0.3) is 0 Å². The van der Waals surface area contributed by atoms with Crippen LogP contribution in [-0.4, -0.2) is 30.8 Å². The summed E-state index contributed by atoms with van der Waals surface area (Å²) in [4.78, 5) is 24.7. The zero-order valence-electron chi connectivity index (χ0n) is 16.5. The summed E-state index contributed by atoms with van der Waals surface area (Å²) < 4.78 is 10.5. The molecule has 152 valence electrons. The first-order chi connectivity index (χ1) is 12.5. The molecule has 1 unspecified atom stereocenters. The Morgan fingerprint density at radius 3 is 2.00 bits per heavy atom. The molecule has 0 saturated carbocycles. The molecule has 4 N–H and O–H groups in total.